The lowest BCUT2D eigenvalue weighted by Gasteiger charge is -2.09. The van der Waals surface area contributed by atoms with E-state index in [0.717, 1.165) is 4.57 Å². The van der Waals surface area contributed by atoms with Crippen LogP contribution in [-0.4, -0.2) is 20.0 Å². The van der Waals surface area contributed by atoms with Gasteiger partial charge in [0.05, 0.1) is 12.1 Å². The Hall–Kier alpha value is -2.63. The van der Waals surface area contributed by atoms with Crippen LogP contribution in [-0.2, 0) is 13.6 Å². The number of carbonyl (C=O) groups excluding carboxylic acids is 1. The van der Waals surface area contributed by atoms with Crippen molar-refractivity contribution in [3.8, 4) is 5.75 Å². The number of aromatic hydroxyl groups is 1. The average Bonchev–Trinajstić information content (AvgIpc) is 2.39. The number of aromatic nitrogens is 2. The van der Waals surface area contributed by atoms with Crippen molar-refractivity contribution in [2.24, 2.45) is 7.05 Å². The maximum absolute atomic E-state index is 12.0. The van der Waals surface area contributed by atoms with Crippen molar-refractivity contribution in [3.05, 3.63) is 62.4 Å². The molecule has 6 nitrogen and oxygen atoms in total. The van der Waals surface area contributed by atoms with E-state index < -0.39 is 17.0 Å². The molecule has 0 aliphatic carbocycles. The molecule has 20 heavy (non-hydrogen) atoms. The number of benzene rings is 1. The predicted octanol–water partition coefficient (Wildman–Crippen LogP) is 0.503. The van der Waals surface area contributed by atoms with Gasteiger partial charge in [-0.2, -0.15) is 0 Å². The quantitative estimate of drug-likeness (QED) is 0.826. The lowest BCUT2D eigenvalue weighted by molar-refractivity contribution is 0.101. The topological polar surface area (TPSA) is 81.3 Å². The highest BCUT2D eigenvalue weighted by Gasteiger charge is 2.12. The van der Waals surface area contributed by atoms with E-state index in [-0.39, 0.29) is 17.9 Å². The van der Waals surface area contributed by atoms with Crippen molar-refractivity contribution in [2.45, 2.75) is 13.5 Å². The van der Waals surface area contributed by atoms with Gasteiger partial charge in [0.25, 0.3) is 5.56 Å². The molecule has 0 unspecified atom stereocenters. The SMILES string of the molecule is CC(=O)c1cn(Cc2cccc(O)c2)c(=O)n(C)c1=O. The van der Waals surface area contributed by atoms with Gasteiger partial charge in [-0.05, 0) is 24.6 Å². The third kappa shape index (κ3) is 2.54. The first-order valence-electron chi connectivity index (χ1n) is 5.99. The van der Waals surface area contributed by atoms with Crippen molar-refractivity contribution < 1.29 is 9.90 Å². The Morgan fingerprint density at radius 1 is 1.30 bits per heavy atom. The molecule has 0 amide bonds. The van der Waals surface area contributed by atoms with Gasteiger partial charge in [0.2, 0.25) is 0 Å². The fourth-order valence-electron chi connectivity index (χ4n) is 1.93. The van der Waals surface area contributed by atoms with Gasteiger partial charge in [0.1, 0.15) is 5.75 Å². The molecule has 0 bridgehead atoms. The highest BCUT2D eigenvalue weighted by Crippen LogP contribution is 2.11. The van der Waals surface area contributed by atoms with Gasteiger partial charge < -0.3 is 5.11 Å². The van der Waals surface area contributed by atoms with Crippen LogP contribution >= 0.6 is 0 Å². The van der Waals surface area contributed by atoms with Crippen LogP contribution in [0, 0.1) is 0 Å². The minimum atomic E-state index is -0.602. The molecule has 1 aromatic carbocycles. The Balaban J connectivity index is 2.55. The summed E-state index contributed by atoms with van der Waals surface area (Å²) in [6.07, 6.45) is 1.26. The molecule has 0 saturated heterocycles. The molecule has 1 heterocycles. The van der Waals surface area contributed by atoms with Gasteiger partial charge in [-0.3, -0.25) is 18.7 Å². The summed E-state index contributed by atoms with van der Waals surface area (Å²) < 4.78 is 2.17. The molecule has 2 aromatic rings. The summed E-state index contributed by atoms with van der Waals surface area (Å²) in [5.74, 6) is -0.303. The van der Waals surface area contributed by atoms with E-state index in [1.807, 2.05) is 0 Å². The van der Waals surface area contributed by atoms with E-state index in [9.17, 15) is 19.5 Å². The number of ketones is 1. The van der Waals surface area contributed by atoms with Crippen molar-refractivity contribution in [1.29, 1.82) is 0 Å². The standard InChI is InChI=1S/C14H14N2O4/c1-9(17)12-8-16(14(20)15(2)13(12)19)7-10-4-3-5-11(18)6-10/h3-6,8,18H,7H2,1-2H3. The number of hydrogen-bond donors (Lipinski definition) is 1. The van der Waals surface area contributed by atoms with Gasteiger partial charge in [-0.25, -0.2) is 4.79 Å². The zero-order chi connectivity index (χ0) is 14.9. The van der Waals surface area contributed by atoms with Crippen LogP contribution in [0.1, 0.15) is 22.8 Å². The van der Waals surface area contributed by atoms with Crippen LogP contribution in [0.3, 0.4) is 0 Å². The predicted molar refractivity (Wildman–Crippen MR) is 73.2 cm³/mol. The van der Waals surface area contributed by atoms with E-state index in [0.29, 0.717) is 5.56 Å². The zero-order valence-corrected chi connectivity index (χ0v) is 11.2. The van der Waals surface area contributed by atoms with Crippen molar-refractivity contribution in [2.75, 3.05) is 0 Å². The molecular formula is C14H14N2O4. The Labute approximate surface area is 114 Å². The lowest BCUT2D eigenvalue weighted by atomic mass is 10.2. The number of Topliss-reactive ketones (excluding diaryl/α,β-unsaturated/α-hetero) is 1. The summed E-state index contributed by atoms with van der Waals surface area (Å²) in [4.78, 5) is 35.2. The maximum atomic E-state index is 12.0. The second-order valence-electron chi connectivity index (χ2n) is 4.54. The number of rotatable bonds is 3. The van der Waals surface area contributed by atoms with Crippen molar-refractivity contribution >= 4 is 5.78 Å². The number of hydrogen-bond acceptors (Lipinski definition) is 4. The molecule has 0 aliphatic heterocycles. The Bertz CT molecular complexity index is 786. The summed E-state index contributed by atoms with van der Waals surface area (Å²) in [6, 6.07) is 6.44. The minimum Gasteiger partial charge on any atom is -0.508 e. The Kier molecular flexibility index (Phi) is 3.56. The molecule has 0 aliphatic rings. The Morgan fingerprint density at radius 3 is 2.60 bits per heavy atom. The number of carbonyl (C=O) groups is 1. The van der Waals surface area contributed by atoms with Crippen LogP contribution in [0.5, 0.6) is 5.75 Å². The first-order valence-corrected chi connectivity index (χ1v) is 5.99. The van der Waals surface area contributed by atoms with Crippen LogP contribution in [0.25, 0.3) is 0 Å². The average molecular weight is 274 g/mol. The summed E-state index contributed by atoms with van der Waals surface area (Å²) >= 11 is 0. The molecular weight excluding hydrogens is 260 g/mol. The summed E-state index contributed by atoms with van der Waals surface area (Å²) in [6.45, 7) is 1.45. The molecule has 1 aromatic heterocycles. The summed E-state index contributed by atoms with van der Waals surface area (Å²) in [5, 5.41) is 9.41. The number of phenols is 1. The molecule has 104 valence electrons. The first-order chi connectivity index (χ1) is 9.40. The summed E-state index contributed by atoms with van der Waals surface area (Å²) in [7, 11) is 1.33. The molecule has 0 spiro atoms. The monoisotopic (exact) mass is 274 g/mol. The van der Waals surface area contributed by atoms with Gasteiger partial charge >= 0.3 is 5.69 Å². The van der Waals surface area contributed by atoms with Gasteiger partial charge in [-0.1, -0.05) is 12.1 Å². The maximum Gasteiger partial charge on any atom is 0.331 e. The molecule has 0 atom stereocenters. The van der Waals surface area contributed by atoms with E-state index >= 15 is 0 Å². The van der Waals surface area contributed by atoms with Crippen molar-refractivity contribution in [1.82, 2.24) is 9.13 Å². The highest BCUT2D eigenvalue weighted by molar-refractivity contribution is 5.93. The van der Waals surface area contributed by atoms with Crippen LogP contribution < -0.4 is 11.2 Å². The third-order valence-corrected chi connectivity index (χ3v) is 3.00. The smallest absolute Gasteiger partial charge is 0.331 e. The highest BCUT2D eigenvalue weighted by atomic mass is 16.3. The van der Waals surface area contributed by atoms with Gasteiger partial charge in [0, 0.05) is 13.2 Å². The van der Waals surface area contributed by atoms with E-state index in [1.165, 1.54) is 36.9 Å². The van der Waals surface area contributed by atoms with Crippen molar-refractivity contribution in [3.63, 3.8) is 0 Å². The number of nitrogens with zero attached hydrogens (tertiary/aromatic N) is 2. The minimum absolute atomic E-state index is 0.0350. The summed E-state index contributed by atoms with van der Waals surface area (Å²) in [5.41, 5.74) is -0.453. The Morgan fingerprint density at radius 2 is 2.00 bits per heavy atom. The third-order valence-electron chi connectivity index (χ3n) is 3.00. The first kappa shape index (κ1) is 13.8. The largest absolute Gasteiger partial charge is 0.508 e. The molecule has 0 fully saturated rings. The van der Waals surface area contributed by atoms with E-state index in [1.54, 1.807) is 12.1 Å². The molecule has 6 heteroatoms. The van der Waals surface area contributed by atoms with Gasteiger partial charge in [0.15, 0.2) is 5.78 Å². The fraction of sp³-hybridized carbons (Fsp3) is 0.214. The number of phenolic OH excluding ortho intramolecular Hbond substituents is 1. The van der Waals surface area contributed by atoms with E-state index in [4.69, 9.17) is 0 Å². The normalized spacial score (nSPS) is 10.5. The molecule has 1 N–H and O–H groups in total. The lowest BCUT2D eigenvalue weighted by Crippen LogP contribution is -2.40. The molecule has 0 radical (unpaired) electrons. The van der Waals surface area contributed by atoms with E-state index in [2.05, 4.69) is 0 Å². The second-order valence-corrected chi connectivity index (χ2v) is 4.54. The van der Waals surface area contributed by atoms with Crippen LogP contribution in [0.4, 0.5) is 0 Å². The zero-order valence-electron chi connectivity index (χ0n) is 11.2. The molecule has 0 saturated carbocycles. The van der Waals surface area contributed by atoms with Crippen LogP contribution in [0.15, 0.2) is 40.1 Å². The second kappa shape index (κ2) is 5.16. The fourth-order valence-corrected chi connectivity index (χ4v) is 1.93. The van der Waals surface area contributed by atoms with Gasteiger partial charge in [-0.15, -0.1) is 0 Å². The molecule has 2 rings (SSSR count). The van der Waals surface area contributed by atoms with Crippen LogP contribution in [0.2, 0.25) is 0 Å².